The highest BCUT2D eigenvalue weighted by Gasteiger charge is 2.36. The van der Waals surface area contributed by atoms with Crippen molar-refractivity contribution in [2.45, 2.75) is 31.1 Å². The summed E-state index contributed by atoms with van der Waals surface area (Å²) in [5.74, 6) is 0.0605. The zero-order chi connectivity index (χ0) is 15.5. The first kappa shape index (κ1) is 15.4. The summed E-state index contributed by atoms with van der Waals surface area (Å²) in [4.78, 5) is 11.9. The molecule has 0 aromatic heterocycles. The van der Waals surface area contributed by atoms with Crippen molar-refractivity contribution in [1.29, 1.82) is 0 Å². The molecular weight excluding hydrogens is 287 g/mol. The van der Waals surface area contributed by atoms with E-state index >= 15 is 0 Å². The van der Waals surface area contributed by atoms with Crippen molar-refractivity contribution in [3.05, 3.63) is 35.6 Å². The monoisotopic (exact) mass is 308 g/mol. The SMILES string of the molecule is O=C(NC[C@H]1OC[C@@H](NCC2CC2)[C@@H]1O)c1ccc(F)cc1. The van der Waals surface area contributed by atoms with Gasteiger partial charge in [0.25, 0.3) is 5.91 Å². The van der Waals surface area contributed by atoms with E-state index in [0.29, 0.717) is 12.2 Å². The van der Waals surface area contributed by atoms with E-state index in [2.05, 4.69) is 10.6 Å². The lowest BCUT2D eigenvalue weighted by Gasteiger charge is -2.18. The van der Waals surface area contributed by atoms with Crippen LogP contribution < -0.4 is 10.6 Å². The fourth-order valence-corrected chi connectivity index (χ4v) is 2.58. The van der Waals surface area contributed by atoms with Gasteiger partial charge in [0.1, 0.15) is 11.9 Å². The summed E-state index contributed by atoms with van der Waals surface area (Å²) < 4.78 is 18.4. The highest BCUT2D eigenvalue weighted by atomic mass is 19.1. The number of benzene rings is 1. The summed E-state index contributed by atoms with van der Waals surface area (Å²) in [7, 11) is 0. The Bertz CT molecular complexity index is 519. The highest BCUT2D eigenvalue weighted by Crippen LogP contribution is 2.28. The van der Waals surface area contributed by atoms with Crippen LogP contribution in [0.25, 0.3) is 0 Å². The zero-order valence-corrected chi connectivity index (χ0v) is 12.3. The highest BCUT2D eigenvalue weighted by molar-refractivity contribution is 5.94. The summed E-state index contributed by atoms with van der Waals surface area (Å²) in [6, 6.07) is 5.27. The molecule has 1 heterocycles. The number of aliphatic hydroxyl groups is 1. The molecule has 1 aliphatic heterocycles. The van der Waals surface area contributed by atoms with Crippen LogP contribution in [0.15, 0.2) is 24.3 Å². The molecule has 1 aliphatic carbocycles. The number of aliphatic hydroxyl groups excluding tert-OH is 1. The minimum Gasteiger partial charge on any atom is -0.389 e. The van der Waals surface area contributed by atoms with E-state index in [1.807, 2.05) is 0 Å². The molecule has 1 aromatic rings. The van der Waals surface area contributed by atoms with Gasteiger partial charge in [0.05, 0.1) is 18.8 Å². The molecule has 3 N–H and O–H groups in total. The van der Waals surface area contributed by atoms with Gasteiger partial charge in [-0.15, -0.1) is 0 Å². The van der Waals surface area contributed by atoms with Crippen LogP contribution in [0.3, 0.4) is 0 Å². The van der Waals surface area contributed by atoms with Crippen LogP contribution in [-0.4, -0.2) is 49.0 Å². The minimum atomic E-state index is -0.632. The molecule has 0 bridgehead atoms. The molecule has 0 spiro atoms. The lowest BCUT2D eigenvalue weighted by atomic mass is 10.1. The van der Waals surface area contributed by atoms with E-state index < -0.39 is 12.2 Å². The first-order chi connectivity index (χ1) is 10.6. The molecular formula is C16H21FN2O3. The molecule has 120 valence electrons. The number of ether oxygens (including phenoxy) is 1. The Morgan fingerprint density at radius 3 is 2.68 bits per heavy atom. The third kappa shape index (κ3) is 3.82. The van der Waals surface area contributed by atoms with Crippen LogP contribution in [-0.2, 0) is 4.74 Å². The molecule has 0 unspecified atom stereocenters. The molecule has 5 nitrogen and oxygen atoms in total. The van der Waals surface area contributed by atoms with Gasteiger partial charge in [-0.05, 0) is 49.6 Å². The molecule has 1 saturated heterocycles. The second kappa shape index (κ2) is 6.73. The average molecular weight is 308 g/mol. The van der Waals surface area contributed by atoms with Crippen LogP contribution >= 0.6 is 0 Å². The van der Waals surface area contributed by atoms with Gasteiger partial charge in [-0.2, -0.15) is 0 Å². The number of amides is 1. The van der Waals surface area contributed by atoms with Gasteiger partial charge >= 0.3 is 0 Å². The van der Waals surface area contributed by atoms with Gasteiger partial charge in [0.15, 0.2) is 0 Å². The molecule has 6 heteroatoms. The van der Waals surface area contributed by atoms with Crippen LogP contribution in [0.4, 0.5) is 4.39 Å². The molecule has 1 amide bonds. The Morgan fingerprint density at radius 2 is 2.00 bits per heavy atom. The Hall–Kier alpha value is -1.50. The first-order valence-electron chi connectivity index (χ1n) is 7.70. The molecule has 3 atom stereocenters. The van der Waals surface area contributed by atoms with Crippen LogP contribution in [0.1, 0.15) is 23.2 Å². The van der Waals surface area contributed by atoms with E-state index in [1.165, 1.54) is 37.1 Å². The topological polar surface area (TPSA) is 70.6 Å². The van der Waals surface area contributed by atoms with Crippen molar-refractivity contribution < 1.29 is 19.0 Å². The third-order valence-electron chi connectivity index (χ3n) is 4.22. The van der Waals surface area contributed by atoms with Crippen LogP contribution in [0, 0.1) is 11.7 Å². The smallest absolute Gasteiger partial charge is 0.251 e. The average Bonchev–Trinajstić information content (AvgIpc) is 3.28. The fourth-order valence-electron chi connectivity index (χ4n) is 2.58. The van der Waals surface area contributed by atoms with Crippen LogP contribution in [0.5, 0.6) is 0 Å². The third-order valence-corrected chi connectivity index (χ3v) is 4.22. The number of hydrogen-bond donors (Lipinski definition) is 3. The summed E-state index contributed by atoms with van der Waals surface area (Å²) >= 11 is 0. The van der Waals surface area contributed by atoms with Crippen molar-refractivity contribution in [3.63, 3.8) is 0 Å². The number of carbonyl (C=O) groups excluding carboxylic acids is 1. The molecule has 0 radical (unpaired) electrons. The van der Waals surface area contributed by atoms with Gasteiger partial charge in [-0.1, -0.05) is 0 Å². The van der Waals surface area contributed by atoms with Crippen molar-refractivity contribution in [1.82, 2.24) is 10.6 Å². The molecule has 22 heavy (non-hydrogen) atoms. The van der Waals surface area contributed by atoms with Crippen molar-refractivity contribution in [2.24, 2.45) is 5.92 Å². The largest absolute Gasteiger partial charge is 0.389 e. The van der Waals surface area contributed by atoms with Gasteiger partial charge < -0.3 is 20.5 Å². The molecule has 1 aromatic carbocycles. The van der Waals surface area contributed by atoms with Gasteiger partial charge in [0, 0.05) is 12.1 Å². The summed E-state index contributed by atoms with van der Waals surface area (Å²) in [6.45, 7) is 1.60. The van der Waals surface area contributed by atoms with Gasteiger partial charge in [-0.3, -0.25) is 4.79 Å². The normalized spacial score (nSPS) is 27.8. The Balaban J connectivity index is 1.44. The van der Waals surface area contributed by atoms with Crippen LogP contribution in [0.2, 0.25) is 0 Å². The van der Waals surface area contributed by atoms with E-state index in [-0.39, 0.29) is 24.3 Å². The first-order valence-corrected chi connectivity index (χ1v) is 7.70. The Labute approximate surface area is 128 Å². The summed E-state index contributed by atoms with van der Waals surface area (Å²) in [5, 5.41) is 16.2. The lowest BCUT2D eigenvalue weighted by molar-refractivity contribution is 0.0399. The minimum absolute atomic E-state index is 0.0756. The fraction of sp³-hybridized carbons (Fsp3) is 0.562. The number of hydrogen-bond acceptors (Lipinski definition) is 4. The number of nitrogens with one attached hydrogen (secondary N) is 2. The molecule has 2 aliphatic rings. The Kier molecular flexibility index (Phi) is 4.71. The van der Waals surface area contributed by atoms with E-state index in [1.54, 1.807) is 0 Å². The van der Waals surface area contributed by atoms with Gasteiger partial charge in [-0.25, -0.2) is 4.39 Å². The number of halogens is 1. The van der Waals surface area contributed by atoms with E-state index in [9.17, 15) is 14.3 Å². The maximum atomic E-state index is 12.8. The van der Waals surface area contributed by atoms with Crippen molar-refractivity contribution >= 4 is 5.91 Å². The maximum absolute atomic E-state index is 12.8. The van der Waals surface area contributed by atoms with E-state index in [0.717, 1.165) is 12.5 Å². The maximum Gasteiger partial charge on any atom is 0.251 e. The lowest BCUT2D eigenvalue weighted by Crippen LogP contribution is -2.45. The van der Waals surface area contributed by atoms with Crippen molar-refractivity contribution in [2.75, 3.05) is 19.7 Å². The zero-order valence-electron chi connectivity index (χ0n) is 12.3. The number of carbonyl (C=O) groups is 1. The second-order valence-electron chi connectivity index (χ2n) is 6.04. The Morgan fingerprint density at radius 1 is 1.27 bits per heavy atom. The summed E-state index contributed by atoms with van der Waals surface area (Å²) in [6.07, 6.45) is 1.47. The van der Waals surface area contributed by atoms with Crippen molar-refractivity contribution in [3.8, 4) is 0 Å². The summed E-state index contributed by atoms with van der Waals surface area (Å²) in [5.41, 5.74) is 0.386. The molecule has 1 saturated carbocycles. The number of rotatable bonds is 6. The second-order valence-corrected chi connectivity index (χ2v) is 6.04. The van der Waals surface area contributed by atoms with Gasteiger partial charge in [0.2, 0.25) is 0 Å². The quantitative estimate of drug-likeness (QED) is 0.723. The predicted molar refractivity (Wildman–Crippen MR) is 79.0 cm³/mol. The molecule has 3 rings (SSSR count). The molecule has 2 fully saturated rings. The predicted octanol–water partition coefficient (Wildman–Crippen LogP) is 0.683. The van der Waals surface area contributed by atoms with E-state index in [4.69, 9.17) is 4.74 Å². The standard InChI is InChI=1S/C16H21FN2O3/c17-12-5-3-11(4-6-12)16(21)19-8-14-15(20)13(9-22-14)18-7-10-1-2-10/h3-6,10,13-15,18,20H,1-2,7-9H2,(H,19,21)/t13-,14-,15+/m1/s1.